The fourth-order valence-corrected chi connectivity index (χ4v) is 2.41. The molecule has 0 spiro atoms. The number of rotatable bonds is 3. The van der Waals surface area contributed by atoms with E-state index in [0.717, 1.165) is 25.9 Å². The van der Waals surface area contributed by atoms with E-state index in [9.17, 15) is 10.1 Å². The van der Waals surface area contributed by atoms with Crippen molar-refractivity contribution in [3.8, 4) is 0 Å². The average molecular weight is 264 g/mol. The highest BCUT2D eigenvalue weighted by atomic mass is 16.6. The van der Waals surface area contributed by atoms with Gasteiger partial charge in [0.2, 0.25) is 5.82 Å². The van der Waals surface area contributed by atoms with Crippen LogP contribution in [0.25, 0.3) is 0 Å². The lowest BCUT2D eigenvalue weighted by molar-refractivity contribution is -0.384. The van der Waals surface area contributed by atoms with E-state index in [0.29, 0.717) is 11.6 Å². The monoisotopic (exact) mass is 264 g/mol. The van der Waals surface area contributed by atoms with Crippen LogP contribution in [0, 0.1) is 10.1 Å². The third kappa shape index (κ3) is 3.33. The molecule has 1 aromatic rings. The molecule has 19 heavy (non-hydrogen) atoms. The van der Waals surface area contributed by atoms with Gasteiger partial charge in [0.25, 0.3) is 0 Å². The predicted molar refractivity (Wildman–Crippen MR) is 75.7 cm³/mol. The number of nitrogens with one attached hydrogen (secondary N) is 1. The van der Waals surface area contributed by atoms with Crippen molar-refractivity contribution in [2.24, 2.45) is 0 Å². The SMILES string of the molecule is CNc1ccc([N+](=O)[O-])c(N2CCCCCCC2)n1. The lowest BCUT2D eigenvalue weighted by Crippen LogP contribution is -2.28. The molecule has 1 N–H and O–H groups in total. The second kappa shape index (κ2) is 6.36. The van der Waals surface area contributed by atoms with Gasteiger partial charge in [-0.2, -0.15) is 0 Å². The van der Waals surface area contributed by atoms with Gasteiger partial charge in [-0.1, -0.05) is 19.3 Å². The van der Waals surface area contributed by atoms with Gasteiger partial charge in [-0.3, -0.25) is 10.1 Å². The number of nitro groups is 1. The van der Waals surface area contributed by atoms with Crippen molar-refractivity contribution in [3.05, 3.63) is 22.2 Å². The highest BCUT2D eigenvalue weighted by Crippen LogP contribution is 2.29. The second-order valence-corrected chi connectivity index (χ2v) is 4.80. The summed E-state index contributed by atoms with van der Waals surface area (Å²) in [5.41, 5.74) is 0.0968. The van der Waals surface area contributed by atoms with Crippen LogP contribution in [-0.2, 0) is 0 Å². The summed E-state index contributed by atoms with van der Waals surface area (Å²) in [4.78, 5) is 17.2. The molecule has 104 valence electrons. The molecule has 0 aliphatic carbocycles. The topological polar surface area (TPSA) is 71.3 Å². The standard InChI is InChI=1S/C13H20N4O2/c1-14-12-8-7-11(17(18)19)13(15-12)16-9-5-3-2-4-6-10-16/h7-8H,2-6,9-10H2,1H3,(H,14,15). The molecule has 0 bridgehead atoms. The Hall–Kier alpha value is -1.85. The molecule has 1 aromatic heterocycles. The van der Waals surface area contributed by atoms with Crippen LogP contribution in [0.1, 0.15) is 32.1 Å². The van der Waals surface area contributed by atoms with E-state index in [1.807, 2.05) is 0 Å². The van der Waals surface area contributed by atoms with E-state index in [1.54, 1.807) is 13.1 Å². The summed E-state index contributed by atoms with van der Waals surface area (Å²) >= 11 is 0. The normalized spacial score (nSPS) is 16.6. The minimum absolute atomic E-state index is 0.0968. The van der Waals surface area contributed by atoms with Crippen molar-refractivity contribution < 1.29 is 4.92 Å². The van der Waals surface area contributed by atoms with Crippen LogP contribution in [0.4, 0.5) is 17.3 Å². The largest absolute Gasteiger partial charge is 0.373 e. The van der Waals surface area contributed by atoms with E-state index >= 15 is 0 Å². The van der Waals surface area contributed by atoms with Crippen LogP contribution in [0.3, 0.4) is 0 Å². The fraction of sp³-hybridized carbons (Fsp3) is 0.615. The molecule has 1 fully saturated rings. The highest BCUT2D eigenvalue weighted by molar-refractivity contribution is 5.61. The Bertz CT molecular complexity index is 442. The summed E-state index contributed by atoms with van der Waals surface area (Å²) in [6.07, 6.45) is 5.79. The molecule has 1 saturated heterocycles. The van der Waals surface area contributed by atoms with Gasteiger partial charge in [0.05, 0.1) is 4.92 Å². The van der Waals surface area contributed by atoms with Gasteiger partial charge in [0, 0.05) is 26.2 Å². The van der Waals surface area contributed by atoms with E-state index in [-0.39, 0.29) is 10.6 Å². The van der Waals surface area contributed by atoms with E-state index in [1.165, 1.54) is 25.3 Å². The minimum Gasteiger partial charge on any atom is -0.373 e. The number of hydrogen-bond acceptors (Lipinski definition) is 5. The van der Waals surface area contributed by atoms with Crippen molar-refractivity contribution in [1.82, 2.24) is 4.98 Å². The second-order valence-electron chi connectivity index (χ2n) is 4.80. The van der Waals surface area contributed by atoms with E-state index in [2.05, 4.69) is 15.2 Å². The third-order valence-electron chi connectivity index (χ3n) is 3.46. The van der Waals surface area contributed by atoms with Crippen molar-refractivity contribution in [1.29, 1.82) is 0 Å². The van der Waals surface area contributed by atoms with Gasteiger partial charge in [-0.05, 0) is 18.9 Å². The van der Waals surface area contributed by atoms with Gasteiger partial charge in [-0.25, -0.2) is 4.98 Å². The zero-order chi connectivity index (χ0) is 13.7. The Labute approximate surface area is 113 Å². The zero-order valence-electron chi connectivity index (χ0n) is 11.3. The Balaban J connectivity index is 2.30. The van der Waals surface area contributed by atoms with Crippen molar-refractivity contribution in [2.75, 3.05) is 30.4 Å². The molecule has 6 nitrogen and oxygen atoms in total. The van der Waals surface area contributed by atoms with Crippen LogP contribution >= 0.6 is 0 Å². The lowest BCUT2D eigenvalue weighted by atomic mass is 10.1. The molecular weight excluding hydrogens is 244 g/mol. The summed E-state index contributed by atoms with van der Waals surface area (Å²) in [6.45, 7) is 1.70. The van der Waals surface area contributed by atoms with Gasteiger partial charge in [-0.15, -0.1) is 0 Å². The van der Waals surface area contributed by atoms with Crippen LogP contribution in [0.15, 0.2) is 12.1 Å². The maximum absolute atomic E-state index is 11.1. The third-order valence-corrected chi connectivity index (χ3v) is 3.46. The number of nitrogens with zero attached hydrogens (tertiary/aromatic N) is 3. The van der Waals surface area contributed by atoms with Crippen LogP contribution in [0.5, 0.6) is 0 Å². The van der Waals surface area contributed by atoms with Crippen molar-refractivity contribution in [2.45, 2.75) is 32.1 Å². The molecule has 0 radical (unpaired) electrons. The number of anilines is 2. The average Bonchev–Trinajstić information content (AvgIpc) is 2.37. The van der Waals surface area contributed by atoms with Gasteiger partial charge < -0.3 is 10.2 Å². The Morgan fingerprint density at radius 2 is 1.84 bits per heavy atom. The highest BCUT2D eigenvalue weighted by Gasteiger charge is 2.22. The molecule has 2 heterocycles. The molecule has 0 amide bonds. The molecule has 1 aliphatic heterocycles. The summed E-state index contributed by atoms with van der Waals surface area (Å²) in [7, 11) is 1.77. The maximum Gasteiger partial charge on any atom is 0.311 e. The molecule has 0 saturated carbocycles. The van der Waals surface area contributed by atoms with Gasteiger partial charge in [0.1, 0.15) is 5.82 Å². The molecule has 0 atom stereocenters. The number of hydrogen-bond donors (Lipinski definition) is 1. The maximum atomic E-state index is 11.1. The first-order valence-electron chi connectivity index (χ1n) is 6.80. The zero-order valence-corrected chi connectivity index (χ0v) is 11.3. The molecule has 1 aliphatic rings. The molecule has 0 aromatic carbocycles. The molecule has 0 unspecified atom stereocenters. The Kier molecular flexibility index (Phi) is 4.54. The Morgan fingerprint density at radius 3 is 2.42 bits per heavy atom. The van der Waals surface area contributed by atoms with E-state index < -0.39 is 0 Å². The van der Waals surface area contributed by atoms with Crippen LogP contribution in [-0.4, -0.2) is 30.0 Å². The van der Waals surface area contributed by atoms with Gasteiger partial charge >= 0.3 is 5.69 Å². The van der Waals surface area contributed by atoms with Crippen LogP contribution < -0.4 is 10.2 Å². The first kappa shape index (κ1) is 13.6. The summed E-state index contributed by atoms with van der Waals surface area (Å²) in [5.74, 6) is 1.17. The predicted octanol–water partition coefficient (Wildman–Crippen LogP) is 2.80. The smallest absolute Gasteiger partial charge is 0.311 e. The fourth-order valence-electron chi connectivity index (χ4n) is 2.41. The first-order chi connectivity index (χ1) is 9.22. The molecule has 6 heteroatoms. The van der Waals surface area contributed by atoms with Crippen molar-refractivity contribution in [3.63, 3.8) is 0 Å². The molecule has 2 rings (SSSR count). The quantitative estimate of drug-likeness (QED) is 0.671. The van der Waals surface area contributed by atoms with Crippen molar-refractivity contribution >= 4 is 17.3 Å². The molecular formula is C13H20N4O2. The van der Waals surface area contributed by atoms with Crippen LogP contribution in [0.2, 0.25) is 0 Å². The Morgan fingerprint density at radius 1 is 1.21 bits per heavy atom. The summed E-state index contributed by atoms with van der Waals surface area (Å²) in [5, 5.41) is 14.1. The number of aromatic nitrogens is 1. The lowest BCUT2D eigenvalue weighted by Gasteiger charge is -2.25. The summed E-state index contributed by atoms with van der Waals surface area (Å²) in [6, 6.07) is 3.18. The first-order valence-corrected chi connectivity index (χ1v) is 6.80. The van der Waals surface area contributed by atoms with Gasteiger partial charge in [0.15, 0.2) is 0 Å². The van der Waals surface area contributed by atoms with E-state index in [4.69, 9.17) is 0 Å². The minimum atomic E-state index is -0.347. The number of pyridine rings is 1. The summed E-state index contributed by atoms with van der Waals surface area (Å²) < 4.78 is 0.